The van der Waals surface area contributed by atoms with E-state index in [0.29, 0.717) is 0 Å². The molecule has 0 bridgehead atoms. The summed E-state index contributed by atoms with van der Waals surface area (Å²) < 4.78 is 0. The molecule has 2 unspecified atom stereocenters. The Labute approximate surface area is 149 Å². The summed E-state index contributed by atoms with van der Waals surface area (Å²) in [6.45, 7) is 0.886. The lowest BCUT2D eigenvalue weighted by Gasteiger charge is -2.39. The molecule has 2 aromatic carbocycles. The summed E-state index contributed by atoms with van der Waals surface area (Å²) in [5, 5.41) is 6.95. The van der Waals surface area contributed by atoms with Crippen LogP contribution in [0, 0.1) is 5.92 Å². The molecule has 4 rings (SSSR count). The summed E-state index contributed by atoms with van der Waals surface area (Å²) >= 11 is 0. The third kappa shape index (κ3) is 3.21. The topological polar surface area (TPSA) is 41.1 Å². The Kier molecular flexibility index (Phi) is 4.58. The summed E-state index contributed by atoms with van der Waals surface area (Å²) in [5.74, 6) is 0.380. The van der Waals surface area contributed by atoms with Crippen molar-refractivity contribution in [2.45, 2.75) is 43.6 Å². The van der Waals surface area contributed by atoms with Crippen LogP contribution in [0.5, 0.6) is 0 Å². The molecule has 1 aliphatic heterocycles. The second kappa shape index (κ2) is 7.01. The molecule has 2 fully saturated rings. The van der Waals surface area contributed by atoms with Crippen molar-refractivity contribution < 1.29 is 4.79 Å². The van der Waals surface area contributed by atoms with Crippen molar-refractivity contribution in [1.29, 1.82) is 0 Å². The highest BCUT2D eigenvalue weighted by Crippen LogP contribution is 2.46. The molecule has 1 saturated heterocycles. The highest BCUT2D eigenvalue weighted by Gasteiger charge is 2.52. The zero-order chi connectivity index (χ0) is 17.1. The first-order valence-corrected chi connectivity index (χ1v) is 9.44. The highest BCUT2D eigenvalue weighted by atomic mass is 16.2. The minimum Gasteiger partial charge on any atom is -0.326 e. The predicted molar refractivity (Wildman–Crippen MR) is 102 cm³/mol. The van der Waals surface area contributed by atoms with E-state index in [9.17, 15) is 4.79 Å². The molecule has 2 aliphatic rings. The van der Waals surface area contributed by atoms with Crippen LogP contribution in [0.4, 0.5) is 5.69 Å². The molecule has 25 heavy (non-hydrogen) atoms. The lowest BCUT2D eigenvalue weighted by atomic mass is 9.69. The number of benzene rings is 2. The lowest BCUT2D eigenvalue weighted by Crippen LogP contribution is -2.50. The predicted octanol–water partition coefficient (Wildman–Crippen LogP) is 4.33. The zero-order valence-corrected chi connectivity index (χ0v) is 14.6. The first kappa shape index (κ1) is 16.3. The number of carbonyl (C=O) groups is 1. The molecule has 1 amide bonds. The normalized spacial score (nSPS) is 25.0. The van der Waals surface area contributed by atoms with Crippen LogP contribution in [0.25, 0.3) is 0 Å². The van der Waals surface area contributed by atoms with E-state index >= 15 is 0 Å². The van der Waals surface area contributed by atoms with E-state index in [-0.39, 0.29) is 23.3 Å². The fourth-order valence-corrected chi connectivity index (χ4v) is 4.78. The Morgan fingerprint density at radius 3 is 2.24 bits per heavy atom. The average molecular weight is 334 g/mol. The maximum Gasteiger partial charge on any atom is 0.230 e. The van der Waals surface area contributed by atoms with Crippen molar-refractivity contribution in [3.8, 4) is 0 Å². The standard InChI is InChI=1S/C22H26N2O/c25-21(24-18-12-6-2-7-13-18)20-19(17-10-4-1-5-11-17)16-23-22(20)14-8-3-9-15-22/h1-2,4-7,10-13,19-20,23H,3,8-9,14-16H2,(H,24,25). The molecule has 1 spiro atoms. The highest BCUT2D eigenvalue weighted by molar-refractivity contribution is 5.94. The van der Waals surface area contributed by atoms with Crippen LogP contribution in [0.1, 0.15) is 43.6 Å². The Bertz CT molecular complexity index is 707. The van der Waals surface area contributed by atoms with Crippen LogP contribution in [-0.4, -0.2) is 18.0 Å². The molecule has 3 nitrogen and oxygen atoms in total. The number of carbonyl (C=O) groups excluding carboxylic acids is 1. The van der Waals surface area contributed by atoms with Gasteiger partial charge in [-0.1, -0.05) is 67.8 Å². The van der Waals surface area contributed by atoms with Crippen molar-refractivity contribution in [2.24, 2.45) is 5.92 Å². The minimum atomic E-state index is -0.0440. The quantitative estimate of drug-likeness (QED) is 0.877. The van der Waals surface area contributed by atoms with Crippen molar-refractivity contribution in [3.05, 3.63) is 66.2 Å². The van der Waals surface area contributed by atoms with Gasteiger partial charge < -0.3 is 10.6 Å². The third-order valence-corrected chi connectivity index (χ3v) is 5.97. The molecule has 3 heteroatoms. The van der Waals surface area contributed by atoms with Crippen LogP contribution >= 0.6 is 0 Å². The van der Waals surface area contributed by atoms with E-state index in [1.54, 1.807) is 0 Å². The molecule has 2 atom stereocenters. The number of hydrogen-bond acceptors (Lipinski definition) is 2. The van der Waals surface area contributed by atoms with Crippen molar-refractivity contribution >= 4 is 11.6 Å². The Morgan fingerprint density at radius 2 is 1.56 bits per heavy atom. The summed E-state index contributed by atoms with van der Waals surface area (Å²) in [4.78, 5) is 13.3. The van der Waals surface area contributed by atoms with E-state index < -0.39 is 0 Å². The van der Waals surface area contributed by atoms with Crippen LogP contribution in [0.2, 0.25) is 0 Å². The number of hydrogen-bond donors (Lipinski definition) is 2. The molecule has 1 heterocycles. The van der Waals surface area contributed by atoms with E-state index in [4.69, 9.17) is 0 Å². The Hall–Kier alpha value is -2.13. The van der Waals surface area contributed by atoms with Gasteiger partial charge in [-0.05, 0) is 30.5 Å². The first-order chi connectivity index (χ1) is 12.3. The van der Waals surface area contributed by atoms with Gasteiger partial charge in [-0.2, -0.15) is 0 Å². The largest absolute Gasteiger partial charge is 0.326 e. The van der Waals surface area contributed by atoms with Gasteiger partial charge in [-0.3, -0.25) is 4.79 Å². The van der Waals surface area contributed by atoms with Crippen molar-refractivity contribution in [2.75, 3.05) is 11.9 Å². The molecule has 2 aromatic rings. The zero-order valence-electron chi connectivity index (χ0n) is 14.6. The van der Waals surface area contributed by atoms with E-state index in [2.05, 4.69) is 34.9 Å². The fraction of sp³-hybridized carbons (Fsp3) is 0.409. The second-order valence-corrected chi connectivity index (χ2v) is 7.45. The molecular weight excluding hydrogens is 308 g/mol. The maximum absolute atomic E-state index is 13.3. The molecule has 0 aromatic heterocycles. The lowest BCUT2D eigenvalue weighted by molar-refractivity contribution is -0.122. The summed E-state index contributed by atoms with van der Waals surface area (Å²) in [5.41, 5.74) is 2.11. The average Bonchev–Trinajstić information content (AvgIpc) is 3.02. The van der Waals surface area contributed by atoms with Crippen molar-refractivity contribution in [1.82, 2.24) is 5.32 Å². The van der Waals surface area contributed by atoms with Gasteiger partial charge in [0.1, 0.15) is 0 Å². The number of nitrogens with one attached hydrogen (secondary N) is 2. The second-order valence-electron chi connectivity index (χ2n) is 7.45. The molecule has 2 N–H and O–H groups in total. The monoisotopic (exact) mass is 334 g/mol. The first-order valence-electron chi connectivity index (χ1n) is 9.44. The minimum absolute atomic E-state index is 0.0181. The Balaban J connectivity index is 1.65. The van der Waals surface area contributed by atoms with Crippen LogP contribution < -0.4 is 10.6 Å². The van der Waals surface area contributed by atoms with Crippen LogP contribution in [-0.2, 0) is 4.79 Å². The van der Waals surface area contributed by atoms with E-state index in [0.717, 1.165) is 25.1 Å². The molecule has 1 aliphatic carbocycles. The molecule has 1 saturated carbocycles. The van der Waals surface area contributed by atoms with E-state index in [1.807, 2.05) is 36.4 Å². The van der Waals surface area contributed by atoms with E-state index in [1.165, 1.54) is 24.8 Å². The smallest absolute Gasteiger partial charge is 0.230 e. The molecular formula is C22H26N2O. The van der Waals surface area contributed by atoms with Gasteiger partial charge in [0, 0.05) is 23.7 Å². The van der Waals surface area contributed by atoms with Gasteiger partial charge in [-0.25, -0.2) is 0 Å². The van der Waals surface area contributed by atoms with Gasteiger partial charge >= 0.3 is 0 Å². The maximum atomic E-state index is 13.3. The van der Waals surface area contributed by atoms with Crippen LogP contribution in [0.3, 0.4) is 0 Å². The van der Waals surface area contributed by atoms with Gasteiger partial charge in [0.15, 0.2) is 0 Å². The number of anilines is 1. The third-order valence-electron chi connectivity index (χ3n) is 5.97. The van der Waals surface area contributed by atoms with Crippen molar-refractivity contribution in [3.63, 3.8) is 0 Å². The molecule has 0 radical (unpaired) electrons. The van der Waals surface area contributed by atoms with Gasteiger partial charge in [0.25, 0.3) is 0 Å². The Morgan fingerprint density at radius 1 is 0.920 bits per heavy atom. The van der Waals surface area contributed by atoms with Gasteiger partial charge in [0.05, 0.1) is 5.92 Å². The number of para-hydroxylation sites is 1. The number of rotatable bonds is 3. The van der Waals surface area contributed by atoms with Gasteiger partial charge in [-0.15, -0.1) is 0 Å². The summed E-state index contributed by atoms with van der Waals surface area (Å²) in [6, 6.07) is 20.4. The number of amides is 1. The van der Waals surface area contributed by atoms with Crippen LogP contribution in [0.15, 0.2) is 60.7 Å². The SMILES string of the molecule is O=C(Nc1ccccc1)C1C(c2ccccc2)CNC12CCCCC2. The summed E-state index contributed by atoms with van der Waals surface area (Å²) in [6.07, 6.45) is 5.91. The summed E-state index contributed by atoms with van der Waals surface area (Å²) in [7, 11) is 0. The molecule has 130 valence electrons. The fourth-order valence-electron chi connectivity index (χ4n) is 4.78. The van der Waals surface area contributed by atoms with Gasteiger partial charge in [0.2, 0.25) is 5.91 Å².